The molecule has 2 heteroatoms. The lowest BCUT2D eigenvalue weighted by Crippen LogP contribution is -2.33. The Morgan fingerprint density at radius 3 is 2.85 bits per heavy atom. The van der Waals surface area contributed by atoms with Gasteiger partial charge >= 0.3 is 0 Å². The van der Waals surface area contributed by atoms with E-state index in [2.05, 4.69) is 13.8 Å². The molecule has 2 rings (SSSR count). The maximum absolute atomic E-state index is 6.25. The van der Waals surface area contributed by atoms with Crippen LogP contribution in [0.5, 0.6) is 5.75 Å². The van der Waals surface area contributed by atoms with Crippen molar-refractivity contribution in [2.75, 3.05) is 0 Å². The Labute approximate surface area is 83.7 Å². The molecule has 1 aliphatic rings. The van der Waals surface area contributed by atoms with Gasteiger partial charge in [0.05, 0.1) is 5.38 Å². The average molecular weight is 197 g/mol. The van der Waals surface area contributed by atoms with Crippen molar-refractivity contribution in [1.82, 2.24) is 0 Å². The van der Waals surface area contributed by atoms with Crippen LogP contribution >= 0.6 is 11.6 Å². The molecule has 1 aromatic carbocycles. The second-order valence-corrected chi connectivity index (χ2v) is 4.60. The molecule has 0 aliphatic carbocycles. The number of ether oxygens (including phenoxy) is 1. The fourth-order valence-corrected chi connectivity index (χ4v) is 2.27. The predicted molar refractivity (Wildman–Crippen MR) is 54.4 cm³/mol. The highest BCUT2D eigenvalue weighted by molar-refractivity contribution is 6.21. The lowest BCUT2D eigenvalue weighted by Gasteiger charge is -2.35. The Bertz CT molecular complexity index is 320. The van der Waals surface area contributed by atoms with Gasteiger partial charge < -0.3 is 4.74 Å². The van der Waals surface area contributed by atoms with E-state index in [4.69, 9.17) is 16.3 Å². The van der Waals surface area contributed by atoms with Crippen LogP contribution in [0.1, 0.15) is 31.2 Å². The van der Waals surface area contributed by atoms with Crippen molar-refractivity contribution in [3.63, 3.8) is 0 Å². The maximum Gasteiger partial charge on any atom is 0.124 e. The summed E-state index contributed by atoms with van der Waals surface area (Å²) in [5.74, 6) is 0.929. The summed E-state index contributed by atoms with van der Waals surface area (Å²) in [4.78, 5) is 0. The Morgan fingerprint density at radius 2 is 2.08 bits per heavy atom. The van der Waals surface area contributed by atoms with E-state index in [9.17, 15) is 0 Å². The van der Waals surface area contributed by atoms with Gasteiger partial charge in [-0.05, 0) is 19.9 Å². The van der Waals surface area contributed by atoms with E-state index in [0.717, 1.165) is 17.7 Å². The standard InChI is InChI=1S/C11H13ClO/c1-11(2)7-9(12)8-5-3-4-6-10(8)13-11/h3-6,9H,7H2,1-2H3. The number of rotatable bonds is 0. The van der Waals surface area contributed by atoms with Crippen molar-refractivity contribution in [3.8, 4) is 5.75 Å². The summed E-state index contributed by atoms with van der Waals surface area (Å²) < 4.78 is 5.81. The van der Waals surface area contributed by atoms with Crippen molar-refractivity contribution >= 4 is 11.6 Å². The lowest BCUT2D eigenvalue weighted by molar-refractivity contribution is 0.0825. The quantitative estimate of drug-likeness (QED) is 0.577. The molecule has 1 heterocycles. The molecular weight excluding hydrogens is 184 g/mol. The largest absolute Gasteiger partial charge is 0.487 e. The van der Waals surface area contributed by atoms with Gasteiger partial charge in [0.25, 0.3) is 0 Å². The molecule has 1 atom stereocenters. The van der Waals surface area contributed by atoms with Crippen LogP contribution in [0.2, 0.25) is 0 Å². The van der Waals surface area contributed by atoms with E-state index in [-0.39, 0.29) is 11.0 Å². The smallest absolute Gasteiger partial charge is 0.124 e. The Balaban J connectivity index is 2.43. The zero-order valence-electron chi connectivity index (χ0n) is 7.88. The zero-order chi connectivity index (χ0) is 9.47. The highest BCUT2D eigenvalue weighted by Crippen LogP contribution is 2.42. The number of benzene rings is 1. The molecule has 0 saturated heterocycles. The van der Waals surface area contributed by atoms with Gasteiger partial charge in [-0.2, -0.15) is 0 Å². The van der Waals surface area contributed by atoms with Crippen LogP contribution in [0.25, 0.3) is 0 Å². The van der Waals surface area contributed by atoms with Gasteiger partial charge in [0, 0.05) is 12.0 Å². The minimum Gasteiger partial charge on any atom is -0.487 e. The normalized spacial score (nSPS) is 24.7. The van der Waals surface area contributed by atoms with Crippen LogP contribution in [0.3, 0.4) is 0 Å². The summed E-state index contributed by atoms with van der Waals surface area (Å²) in [6, 6.07) is 7.98. The highest BCUT2D eigenvalue weighted by atomic mass is 35.5. The lowest BCUT2D eigenvalue weighted by atomic mass is 9.94. The Morgan fingerprint density at radius 1 is 1.38 bits per heavy atom. The molecule has 70 valence electrons. The molecule has 0 saturated carbocycles. The topological polar surface area (TPSA) is 9.23 Å². The second-order valence-electron chi connectivity index (χ2n) is 4.07. The average Bonchev–Trinajstić information content (AvgIpc) is 2.02. The third kappa shape index (κ3) is 1.66. The molecule has 1 aromatic rings. The van der Waals surface area contributed by atoms with Gasteiger partial charge in [0.15, 0.2) is 0 Å². The zero-order valence-corrected chi connectivity index (χ0v) is 8.64. The number of fused-ring (bicyclic) bond motifs is 1. The minimum absolute atomic E-state index is 0.0833. The fourth-order valence-electron chi connectivity index (χ4n) is 1.71. The number of hydrogen-bond acceptors (Lipinski definition) is 1. The molecule has 0 fully saturated rings. The third-order valence-electron chi connectivity index (χ3n) is 2.31. The molecule has 0 bridgehead atoms. The minimum atomic E-state index is -0.138. The van der Waals surface area contributed by atoms with Crippen LogP contribution in [-0.2, 0) is 0 Å². The van der Waals surface area contributed by atoms with E-state index < -0.39 is 0 Å². The van der Waals surface area contributed by atoms with E-state index >= 15 is 0 Å². The first-order valence-corrected chi connectivity index (χ1v) is 4.94. The summed E-state index contributed by atoms with van der Waals surface area (Å²) in [5, 5.41) is 0.0833. The number of hydrogen-bond donors (Lipinski definition) is 0. The summed E-state index contributed by atoms with van der Waals surface area (Å²) in [6.45, 7) is 4.14. The fraction of sp³-hybridized carbons (Fsp3) is 0.455. The van der Waals surface area contributed by atoms with Crippen LogP contribution in [0.15, 0.2) is 24.3 Å². The first kappa shape index (κ1) is 8.89. The van der Waals surface area contributed by atoms with Crippen molar-refractivity contribution in [2.45, 2.75) is 31.2 Å². The van der Waals surface area contributed by atoms with Gasteiger partial charge in [-0.1, -0.05) is 18.2 Å². The van der Waals surface area contributed by atoms with Gasteiger partial charge in [-0.15, -0.1) is 11.6 Å². The Hall–Kier alpha value is -0.690. The maximum atomic E-state index is 6.25. The van der Waals surface area contributed by atoms with Crippen molar-refractivity contribution in [2.24, 2.45) is 0 Å². The first-order valence-electron chi connectivity index (χ1n) is 4.50. The summed E-state index contributed by atoms with van der Waals surface area (Å²) in [6.07, 6.45) is 0.867. The monoisotopic (exact) mass is 196 g/mol. The summed E-state index contributed by atoms with van der Waals surface area (Å²) in [7, 11) is 0. The van der Waals surface area contributed by atoms with E-state index in [0.29, 0.717) is 0 Å². The van der Waals surface area contributed by atoms with Gasteiger partial charge in [-0.25, -0.2) is 0 Å². The predicted octanol–water partition coefficient (Wildman–Crippen LogP) is 3.53. The van der Waals surface area contributed by atoms with Gasteiger partial charge in [0.1, 0.15) is 11.4 Å². The molecule has 13 heavy (non-hydrogen) atoms. The molecule has 0 N–H and O–H groups in total. The van der Waals surface area contributed by atoms with E-state index in [1.165, 1.54) is 0 Å². The third-order valence-corrected chi connectivity index (χ3v) is 2.70. The molecule has 1 aliphatic heterocycles. The first-order chi connectivity index (χ1) is 6.08. The molecule has 0 radical (unpaired) electrons. The molecule has 0 aromatic heterocycles. The molecule has 0 amide bonds. The summed E-state index contributed by atoms with van der Waals surface area (Å²) in [5.41, 5.74) is 0.976. The van der Waals surface area contributed by atoms with E-state index in [1.54, 1.807) is 0 Å². The number of halogens is 1. The van der Waals surface area contributed by atoms with Crippen LogP contribution in [0.4, 0.5) is 0 Å². The van der Waals surface area contributed by atoms with Crippen LogP contribution in [-0.4, -0.2) is 5.60 Å². The molecule has 1 unspecified atom stereocenters. The van der Waals surface area contributed by atoms with Crippen molar-refractivity contribution in [3.05, 3.63) is 29.8 Å². The van der Waals surface area contributed by atoms with Crippen LogP contribution in [0, 0.1) is 0 Å². The molecular formula is C11H13ClO. The van der Waals surface area contributed by atoms with Gasteiger partial charge in [0.2, 0.25) is 0 Å². The Kier molecular flexibility index (Phi) is 1.99. The number of alkyl halides is 1. The van der Waals surface area contributed by atoms with Crippen molar-refractivity contribution < 1.29 is 4.74 Å². The second kappa shape index (κ2) is 2.91. The van der Waals surface area contributed by atoms with E-state index in [1.807, 2.05) is 24.3 Å². The number of para-hydroxylation sites is 1. The molecule has 0 spiro atoms. The van der Waals surface area contributed by atoms with Crippen molar-refractivity contribution in [1.29, 1.82) is 0 Å². The summed E-state index contributed by atoms with van der Waals surface area (Å²) >= 11 is 6.25. The van der Waals surface area contributed by atoms with Gasteiger partial charge in [-0.3, -0.25) is 0 Å². The van der Waals surface area contributed by atoms with Crippen LogP contribution < -0.4 is 4.74 Å². The SMILES string of the molecule is CC1(C)CC(Cl)c2ccccc2O1. The highest BCUT2D eigenvalue weighted by Gasteiger charge is 2.32. The molecule has 1 nitrogen and oxygen atoms in total.